The first-order valence-corrected chi connectivity index (χ1v) is 4.38. The highest BCUT2D eigenvalue weighted by atomic mass is 35.5. The molecule has 1 rings (SSSR count). The van der Waals surface area contributed by atoms with Crippen LogP contribution in [0.25, 0.3) is 0 Å². The van der Waals surface area contributed by atoms with Crippen molar-refractivity contribution in [2.75, 3.05) is 6.54 Å². The molecular weight excluding hydrogens is 172 g/mol. The van der Waals surface area contributed by atoms with Crippen molar-refractivity contribution in [1.29, 1.82) is 0 Å². The fourth-order valence-electron chi connectivity index (χ4n) is 1.05. The van der Waals surface area contributed by atoms with Crippen molar-refractivity contribution < 1.29 is 0 Å². The predicted octanol–water partition coefficient (Wildman–Crippen LogP) is 1.74. The summed E-state index contributed by atoms with van der Waals surface area (Å²) < 4.78 is 0. The van der Waals surface area contributed by atoms with Crippen LogP contribution in [0.5, 0.6) is 0 Å². The van der Waals surface area contributed by atoms with Crippen molar-refractivity contribution >= 4 is 11.6 Å². The fourth-order valence-corrected chi connectivity index (χ4v) is 1.17. The van der Waals surface area contributed by atoms with Gasteiger partial charge in [-0.1, -0.05) is 23.7 Å². The number of aryl methyl sites for hydroxylation is 1. The minimum Gasteiger partial charge on any atom is -0.271 e. The highest BCUT2D eigenvalue weighted by Crippen LogP contribution is 2.10. The molecule has 0 bridgehead atoms. The lowest BCUT2D eigenvalue weighted by molar-refractivity contribution is 0.680. The summed E-state index contributed by atoms with van der Waals surface area (Å²) in [7, 11) is 0. The third-order valence-electron chi connectivity index (χ3n) is 1.70. The number of nitrogens with two attached hydrogens (primary N) is 1. The smallest absolute Gasteiger partial charge is 0.0406 e. The average Bonchev–Trinajstić information content (AvgIpc) is 2.09. The number of halogens is 1. The molecule has 1 aromatic carbocycles. The summed E-state index contributed by atoms with van der Waals surface area (Å²) in [5.41, 5.74) is 3.92. The van der Waals surface area contributed by atoms with Gasteiger partial charge in [0.05, 0.1) is 0 Å². The number of hydrazine groups is 1. The van der Waals surface area contributed by atoms with E-state index in [0.29, 0.717) is 0 Å². The zero-order valence-corrected chi connectivity index (χ0v) is 7.64. The monoisotopic (exact) mass is 184 g/mol. The van der Waals surface area contributed by atoms with Crippen LogP contribution in [0.2, 0.25) is 5.02 Å². The average molecular weight is 185 g/mol. The Bertz CT molecular complexity index is 220. The summed E-state index contributed by atoms with van der Waals surface area (Å²) in [4.78, 5) is 0. The van der Waals surface area contributed by atoms with Crippen molar-refractivity contribution in [1.82, 2.24) is 5.43 Å². The van der Waals surface area contributed by atoms with Crippen molar-refractivity contribution in [2.24, 2.45) is 5.84 Å². The van der Waals surface area contributed by atoms with E-state index in [-0.39, 0.29) is 0 Å². The molecule has 0 aliphatic rings. The molecule has 0 atom stereocenters. The maximum atomic E-state index is 5.74. The summed E-state index contributed by atoms with van der Waals surface area (Å²) >= 11 is 5.74. The molecule has 1 aromatic rings. The molecule has 0 aliphatic heterocycles. The van der Waals surface area contributed by atoms with E-state index in [2.05, 4.69) is 5.43 Å². The van der Waals surface area contributed by atoms with Crippen LogP contribution in [0.3, 0.4) is 0 Å². The number of hydrogen-bond acceptors (Lipinski definition) is 2. The minimum absolute atomic E-state index is 0.788. The van der Waals surface area contributed by atoms with Crippen LogP contribution in [0.4, 0.5) is 0 Å². The Labute approximate surface area is 77.7 Å². The highest BCUT2D eigenvalue weighted by molar-refractivity contribution is 6.30. The van der Waals surface area contributed by atoms with E-state index in [1.54, 1.807) is 0 Å². The summed E-state index contributed by atoms with van der Waals surface area (Å²) in [6, 6.07) is 7.90. The standard InChI is InChI=1S/C9H13ClN2/c10-9-5-3-8(4-6-9)2-1-7-12-11/h3-6,12H,1-2,7,11H2. The van der Waals surface area contributed by atoms with E-state index in [1.165, 1.54) is 5.56 Å². The van der Waals surface area contributed by atoms with Crippen molar-refractivity contribution in [3.8, 4) is 0 Å². The number of rotatable bonds is 4. The van der Waals surface area contributed by atoms with Gasteiger partial charge in [-0.3, -0.25) is 11.3 Å². The maximum absolute atomic E-state index is 5.74. The molecule has 66 valence electrons. The SMILES string of the molecule is NNCCCc1ccc(Cl)cc1. The van der Waals surface area contributed by atoms with Crippen LogP contribution in [0.1, 0.15) is 12.0 Å². The van der Waals surface area contributed by atoms with Gasteiger partial charge in [-0.25, -0.2) is 0 Å². The third-order valence-corrected chi connectivity index (χ3v) is 1.95. The lowest BCUT2D eigenvalue weighted by Crippen LogP contribution is -2.23. The van der Waals surface area contributed by atoms with Crippen LogP contribution in [0.15, 0.2) is 24.3 Å². The van der Waals surface area contributed by atoms with Crippen LogP contribution in [-0.4, -0.2) is 6.54 Å². The Balaban J connectivity index is 2.37. The second-order valence-corrected chi connectivity index (χ2v) is 3.12. The van der Waals surface area contributed by atoms with Gasteiger partial charge < -0.3 is 0 Å². The van der Waals surface area contributed by atoms with Gasteiger partial charge in [0.1, 0.15) is 0 Å². The molecule has 0 amide bonds. The first kappa shape index (κ1) is 9.52. The summed E-state index contributed by atoms with van der Waals surface area (Å²) in [6.45, 7) is 0.850. The second kappa shape index (κ2) is 5.14. The van der Waals surface area contributed by atoms with Crippen LogP contribution in [-0.2, 0) is 6.42 Å². The molecule has 3 heteroatoms. The van der Waals surface area contributed by atoms with Gasteiger partial charge in [-0.15, -0.1) is 0 Å². The quantitative estimate of drug-likeness (QED) is 0.425. The molecule has 0 aliphatic carbocycles. The molecule has 0 radical (unpaired) electrons. The molecule has 0 spiro atoms. The molecule has 3 N–H and O–H groups in total. The van der Waals surface area contributed by atoms with Crippen molar-refractivity contribution in [3.05, 3.63) is 34.9 Å². The number of hydrogen-bond donors (Lipinski definition) is 2. The summed E-state index contributed by atoms with van der Waals surface area (Å²) in [6.07, 6.45) is 2.10. The Morgan fingerprint density at radius 2 is 1.92 bits per heavy atom. The van der Waals surface area contributed by atoms with Crippen molar-refractivity contribution in [3.63, 3.8) is 0 Å². The van der Waals surface area contributed by atoms with E-state index in [1.807, 2.05) is 24.3 Å². The molecule has 2 nitrogen and oxygen atoms in total. The fraction of sp³-hybridized carbons (Fsp3) is 0.333. The number of benzene rings is 1. The van der Waals surface area contributed by atoms with E-state index >= 15 is 0 Å². The summed E-state index contributed by atoms with van der Waals surface area (Å²) in [5.74, 6) is 5.15. The van der Waals surface area contributed by atoms with E-state index in [9.17, 15) is 0 Å². The van der Waals surface area contributed by atoms with Gasteiger partial charge in [0, 0.05) is 11.6 Å². The molecule has 0 saturated heterocycles. The molecule has 0 aromatic heterocycles. The minimum atomic E-state index is 0.788. The van der Waals surface area contributed by atoms with Crippen molar-refractivity contribution in [2.45, 2.75) is 12.8 Å². The van der Waals surface area contributed by atoms with Gasteiger partial charge in [-0.2, -0.15) is 0 Å². The first-order valence-electron chi connectivity index (χ1n) is 4.01. The molecule has 0 saturated carbocycles. The third kappa shape index (κ3) is 3.22. The van der Waals surface area contributed by atoms with Crippen LogP contribution in [0, 0.1) is 0 Å². The zero-order valence-electron chi connectivity index (χ0n) is 6.89. The Morgan fingerprint density at radius 1 is 1.25 bits per heavy atom. The Kier molecular flexibility index (Phi) is 4.08. The first-order chi connectivity index (χ1) is 5.83. The molecule has 0 heterocycles. The number of nitrogens with one attached hydrogen (secondary N) is 1. The highest BCUT2D eigenvalue weighted by Gasteiger charge is 1.92. The van der Waals surface area contributed by atoms with Crippen LogP contribution < -0.4 is 11.3 Å². The van der Waals surface area contributed by atoms with Crippen LogP contribution >= 0.6 is 11.6 Å². The second-order valence-electron chi connectivity index (χ2n) is 2.68. The zero-order chi connectivity index (χ0) is 8.81. The molecule has 12 heavy (non-hydrogen) atoms. The van der Waals surface area contributed by atoms with Gasteiger partial charge >= 0.3 is 0 Å². The molecule has 0 fully saturated rings. The Hall–Kier alpha value is -0.570. The van der Waals surface area contributed by atoms with E-state index in [4.69, 9.17) is 17.4 Å². The van der Waals surface area contributed by atoms with Gasteiger partial charge in [0.15, 0.2) is 0 Å². The van der Waals surface area contributed by atoms with E-state index in [0.717, 1.165) is 24.4 Å². The lowest BCUT2D eigenvalue weighted by atomic mass is 10.1. The molecule has 0 unspecified atom stereocenters. The van der Waals surface area contributed by atoms with Gasteiger partial charge in [0.2, 0.25) is 0 Å². The van der Waals surface area contributed by atoms with E-state index < -0.39 is 0 Å². The maximum Gasteiger partial charge on any atom is 0.0406 e. The topological polar surface area (TPSA) is 38.0 Å². The predicted molar refractivity (Wildman–Crippen MR) is 52.0 cm³/mol. The molecular formula is C9H13ClN2. The van der Waals surface area contributed by atoms with Gasteiger partial charge in [-0.05, 0) is 30.5 Å². The summed E-state index contributed by atoms with van der Waals surface area (Å²) in [5, 5.41) is 0.788. The normalized spacial score (nSPS) is 10.2. The van der Waals surface area contributed by atoms with Gasteiger partial charge in [0.25, 0.3) is 0 Å². The Morgan fingerprint density at radius 3 is 2.50 bits per heavy atom. The lowest BCUT2D eigenvalue weighted by Gasteiger charge is -2.00. The largest absolute Gasteiger partial charge is 0.271 e.